The summed E-state index contributed by atoms with van der Waals surface area (Å²) >= 11 is 0. The second-order valence-electron chi connectivity index (χ2n) is 8.92. The molecule has 2 fully saturated rings. The Balaban J connectivity index is 1.45. The predicted octanol–water partition coefficient (Wildman–Crippen LogP) is 3.74. The van der Waals surface area contributed by atoms with Gasteiger partial charge in [-0.05, 0) is 69.5 Å². The maximum atomic E-state index is 9.00. The monoisotopic (exact) mass is 376 g/mol. The number of ether oxygens (including phenoxy) is 1. The van der Waals surface area contributed by atoms with Gasteiger partial charge in [0.2, 0.25) is 0 Å². The normalized spacial score (nSPS) is 26.5. The summed E-state index contributed by atoms with van der Waals surface area (Å²) in [6.45, 7) is 7.33. The highest BCUT2D eigenvalue weighted by Gasteiger charge is 2.52. The zero-order chi connectivity index (χ0) is 19.6. The van der Waals surface area contributed by atoms with Gasteiger partial charge in [-0.3, -0.25) is 4.90 Å². The highest BCUT2D eigenvalue weighted by atomic mass is 16.5. The van der Waals surface area contributed by atoms with E-state index in [4.69, 9.17) is 10.00 Å². The highest BCUT2D eigenvalue weighted by Crippen LogP contribution is 2.49. The Morgan fingerprint density at radius 2 is 2.04 bits per heavy atom. The van der Waals surface area contributed by atoms with Gasteiger partial charge in [-0.1, -0.05) is 12.1 Å². The van der Waals surface area contributed by atoms with Crippen LogP contribution in [-0.2, 0) is 17.7 Å². The van der Waals surface area contributed by atoms with E-state index in [2.05, 4.69) is 47.1 Å². The highest BCUT2D eigenvalue weighted by molar-refractivity contribution is 5.31. The summed E-state index contributed by atoms with van der Waals surface area (Å²) in [6.07, 6.45) is 6.46. The van der Waals surface area contributed by atoms with Crippen molar-refractivity contribution in [3.63, 3.8) is 0 Å². The zero-order valence-electron chi connectivity index (χ0n) is 16.8. The summed E-state index contributed by atoms with van der Waals surface area (Å²) in [5.74, 6) is 0. The van der Waals surface area contributed by atoms with Gasteiger partial charge >= 0.3 is 0 Å². The first-order valence-corrected chi connectivity index (χ1v) is 10.1. The Morgan fingerprint density at radius 3 is 2.68 bits per heavy atom. The van der Waals surface area contributed by atoms with Crippen LogP contribution >= 0.6 is 0 Å². The molecule has 0 saturated carbocycles. The number of aryl methyl sites for hydroxylation is 1. The summed E-state index contributed by atoms with van der Waals surface area (Å²) in [7, 11) is 0. The van der Waals surface area contributed by atoms with Crippen molar-refractivity contribution in [2.45, 2.75) is 57.8 Å². The molecule has 3 heterocycles. The van der Waals surface area contributed by atoms with Crippen LogP contribution in [-0.4, -0.2) is 39.9 Å². The first-order valence-electron chi connectivity index (χ1n) is 10.1. The van der Waals surface area contributed by atoms with E-state index in [1.165, 1.54) is 5.56 Å². The summed E-state index contributed by atoms with van der Waals surface area (Å²) < 4.78 is 6.34. The SMILES string of the molecule is CC1(C)CC([C@]2(CCc3ccc(C#N)cc3)CCN(Cc3cccnn3)C2)O1. The topological polar surface area (TPSA) is 62.0 Å². The smallest absolute Gasteiger partial charge is 0.0991 e. The molecule has 5 nitrogen and oxygen atoms in total. The van der Waals surface area contributed by atoms with Crippen molar-refractivity contribution in [1.82, 2.24) is 15.1 Å². The fraction of sp³-hybridized carbons (Fsp3) is 0.522. The van der Waals surface area contributed by atoms with Crippen LogP contribution < -0.4 is 0 Å². The molecule has 1 aromatic carbocycles. The molecule has 1 unspecified atom stereocenters. The van der Waals surface area contributed by atoms with E-state index in [0.29, 0.717) is 6.10 Å². The first kappa shape index (κ1) is 19.0. The Morgan fingerprint density at radius 1 is 1.25 bits per heavy atom. The van der Waals surface area contributed by atoms with E-state index >= 15 is 0 Å². The lowest BCUT2D eigenvalue weighted by Gasteiger charge is -2.52. The van der Waals surface area contributed by atoms with Crippen LogP contribution in [0.15, 0.2) is 42.6 Å². The molecule has 2 aliphatic heterocycles. The number of benzene rings is 1. The van der Waals surface area contributed by atoms with Gasteiger partial charge in [0.25, 0.3) is 0 Å². The van der Waals surface area contributed by atoms with Gasteiger partial charge in [0.05, 0.1) is 29.0 Å². The van der Waals surface area contributed by atoms with Crippen molar-refractivity contribution >= 4 is 0 Å². The number of rotatable bonds is 6. The Labute approximate surface area is 167 Å². The Kier molecular flexibility index (Phi) is 5.18. The Hall–Kier alpha value is -2.29. The third kappa shape index (κ3) is 4.09. The van der Waals surface area contributed by atoms with Crippen LogP contribution in [0.5, 0.6) is 0 Å². The van der Waals surface area contributed by atoms with Gasteiger partial charge in [-0.15, -0.1) is 0 Å². The molecule has 5 heteroatoms. The fourth-order valence-electron chi connectivity index (χ4n) is 4.70. The van der Waals surface area contributed by atoms with Crippen LogP contribution in [0.25, 0.3) is 0 Å². The number of nitriles is 1. The minimum Gasteiger partial charge on any atom is -0.372 e. The van der Waals surface area contributed by atoms with Gasteiger partial charge in [0, 0.05) is 31.1 Å². The second-order valence-corrected chi connectivity index (χ2v) is 8.92. The van der Waals surface area contributed by atoms with Gasteiger partial charge in [0.1, 0.15) is 0 Å². The van der Waals surface area contributed by atoms with E-state index < -0.39 is 0 Å². The number of likely N-dealkylation sites (tertiary alicyclic amines) is 1. The van der Waals surface area contributed by atoms with Crippen LogP contribution in [0.3, 0.4) is 0 Å². The van der Waals surface area contributed by atoms with Crippen LogP contribution in [0, 0.1) is 16.7 Å². The minimum absolute atomic E-state index is 0.00440. The summed E-state index contributed by atoms with van der Waals surface area (Å²) in [5, 5.41) is 17.3. The average Bonchev–Trinajstić information content (AvgIpc) is 3.09. The molecule has 0 amide bonds. The third-order valence-corrected chi connectivity index (χ3v) is 6.29. The predicted molar refractivity (Wildman–Crippen MR) is 107 cm³/mol. The molecule has 0 N–H and O–H groups in total. The van der Waals surface area contributed by atoms with Gasteiger partial charge in [-0.25, -0.2) is 0 Å². The summed E-state index contributed by atoms with van der Waals surface area (Å²) in [6, 6.07) is 14.2. The molecule has 0 radical (unpaired) electrons. The van der Waals surface area contributed by atoms with E-state index in [1.54, 1.807) is 6.20 Å². The van der Waals surface area contributed by atoms with E-state index in [-0.39, 0.29) is 11.0 Å². The van der Waals surface area contributed by atoms with E-state index in [0.717, 1.165) is 56.6 Å². The molecule has 0 aliphatic carbocycles. The number of nitrogens with zero attached hydrogens (tertiary/aromatic N) is 4. The molecule has 146 valence electrons. The molecule has 0 bridgehead atoms. The fourth-order valence-corrected chi connectivity index (χ4v) is 4.70. The average molecular weight is 377 g/mol. The van der Waals surface area contributed by atoms with Crippen molar-refractivity contribution in [2.24, 2.45) is 5.41 Å². The maximum absolute atomic E-state index is 9.00. The quantitative estimate of drug-likeness (QED) is 0.768. The summed E-state index contributed by atoms with van der Waals surface area (Å²) in [4.78, 5) is 2.50. The van der Waals surface area contributed by atoms with E-state index in [1.807, 2.05) is 24.3 Å². The van der Waals surface area contributed by atoms with Crippen molar-refractivity contribution in [3.05, 3.63) is 59.4 Å². The van der Waals surface area contributed by atoms with Gasteiger partial charge in [0.15, 0.2) is 0 Å². The molecule has 4 rings (SSSR count). The third-order valence-electron chi connectivity index (χ3n) is 6.29. The van der Waals surface area contributed by atoms with Crippen LogP contribution in [0.1, 0.15) is 49.9 Å². The maximum Gasteiger partial charge on any atom is 0.0991 e. The van der Waals surface area contributed by atoms with Crippen molar-refractivity contribution in [1.29, 1.82) is 5.26 Å². The molecule has 1 aromatic heterocycles. The van der Waals surface area contributed by atoms with Crippen molar-refractivity contribution < 1.29 is 4.74 Å². The molecule has 2 aromatic rings. The standard InChI is InChI=1S/C23H28N4O/c1-22(2)14-21(28-22)23(10-9-18-5-7-19(15-24)8-6-18)11-13-27(17-23)16-20-4-3-12-25-26-20/h3-8,12,21H,9-11,13-14,16-17H2,1-2H3/t21?,23-/m1/s1. The number of hydrogen-bond acceptors (Lipinski definition) is 5. The summed E-state index contributed by atoms with van der Waals surface area (Å²) in [5.41, 5.74) is 3.24. The molecule has 2 saturated heterocycles. The lowest BCUT2D eigenvalue weighted by atomic mass is 9.70. The van der Waals surface area contributed by atoms with Crippen LogP contribution in [0.2, 0.25) is 0 Å². The molecule has 2 atom stereocenters. The van der Waals surface area contributed by atoms with Crippen molar-refractivity contribution in [2.75, 3.05) is 13.1 Å². The molecular formula is C23H28N4O. The zero-order valence-corrected chi connectivity index (χ0v) is 16.8. The minimum atomic E-state index is 0.00440. The molecule has 2 aliphatic rings. The van der Waals surface area contributed by atoms with Crippen molar-refractivity contribution in [3.8, 4) is 6.07 Å². The number of aromatic nitrogens is 2. The van der Waals surface area contributed by atoms with E-state index in [9.17, 15) is 0 Å². The lowest BCUT2D eigenvalue weighted by Crippen LogP contribution is -2.55. The molecule has 28 heavy (non-hydrogen) atoms. The molecule has 0 spiro atoms. The second kappa shape index (κ2) is 7.62. The lowest BCUT2D eigenvalue weighted by molar-refractivity contribution is -0.230. The number of hydrogen-bond donors (Lipinski definition) is 0. The first-order chi connectivity index (χ1) is 13.5. The van der Waals surface area contributed by atoms with Crippen LogP contribution in [0.4, 0.5) is 0 Å². The molecular weight excluding hydrogens is 348 g/mol. The largest absolute Gasteiger partial charge is 0.372 e. The Bertz CT molecular complexity index is 835. The van der Waals surface area contributed by atoms with Gasteiger partial charge in [-0.2, -0.15) is 15.5 Å². The van der Waals surface area contributed by atoms with Gasteiger partial charge < -0.3 is 4.74 Å².